The summed E-state index contributed by atoms with van der Waals surface area (Å²) in [6, 6.07) is 25.1. The predicted molar refractivity (Wildman–Crippen MR) is 141 cm³/mol. The van der Waals surface area contributed by atoms with Gasteiger partial charge in [0.1, 0.15) is 11.5 Å². The number of nitrogens with one attached hydrogen (secondary N) is 1. The summed E-state index contributed by atoms with van der Waals surface area (Å²) in [6.07, 6.45) is 1.46. The summed E-state index contributed by atoms with van der Waals surface area (Å²) < 4.78 is 21.8. The molecule has 0 unspecified atom stereocenters. The molecule has 4 rings (SSSR count). The fraction of sp³-hybridized carbons (Fsp3) is 0.138. The second-order valence-corrected chi connectivity index (χ2v) is 7.85. The molecule has 1 N–H and O–H groups in total. The van der Waals surface area contributed by atoms with E-state index in [1.54, 1.807) is 49.6 Å². The van der Waals surface area contributed by atoms with Gasteiger partial charge in [0.15, 0.2) is 18.1 Å². The summed E-state index contributed by atoms with van der Waals surface area (Å²) in [6.45, 7) is 2.02. The maximum absolute atomic E-state index is 12.5. The predicted octanol–water partition coefficient (Wildman–Crippen LogP) is 5.00. The summed E-state index contributed by atoms with van der Waals surface area (Å²) in [5.74, 6) is 0.955. The van der Waals surface area contributed by atoms with Gasteiger partial charge in [-0.05, 0) is 77.9 Å². The zero-order valence-electron chi connectivity index (χ0n) is 20.5. The number of benzene rings is 4. The zero-order chi connectivity index (χ0) is 26.0. The summed E-state index contributed by atoms with van der Waals surface area (Å²) in [4.78, 5) is 24.7. The van der Waals surface area contributed by atoms with Gasteiger partial charge in [-0.1, -0.05) is 30.3 Å². The van der Waals surface area contributed by atoms with Crippen LogP contribution in [0.15, 0.2) is 90.0 Å². The Morgan fingerprint density at radius 2 is 1.59 bits per heavy atom. The number of ether oxygens (including phenoxy) is 4. The van der Waals surface area contributed by atoms with Crippen molar-refractivity contribution in [3.63, 3.8) is 0 Å². The molecule has 0 aliphatic heterocycles. The fourth-order valence-electron chi connectivity index (χ4n) is 3.46. The Hall–Kier alpha value is -4.85. The average Bonchev–Trinajstić information content (AvgIpc) is 2.93. The lowest BCUT2D eigenvalue weighted by Crippen LogP contribution is -2.24. The first kappa shape index (κ1) is 25.2. The first-order chi connectivity index (χ1) is 18.1. The molecule has 0 atom stereocenters. The molecular formula is C29H26N2O6. The molecule has 8 heteroatoms. The van der Waals surface area contributed by atoms with Gasteiger partial charge in [0.2, 0.25) is 0 Å². The number of hydrogen-bond acceptors (Lipinski definition) is 7. The van der Waals surface area contributed by atoms with Crippen molar-refractivity contribution in [1.29, 1.82) is 0 Å². The Kier molecular flexibility index (Phi) is 8.33. The maximum atomic E-state index is 12.5. The van der Waals surface area contributed by atoms with Gasteiger partial charge in [0.25, 0.3) is 5.91 Å². The Morgan fingerprint density at radius 3 is 2.35 bits per heavy atom. The van der Waals surface area contributed by atoms with Gasteiger partial charge in [-0.25, -0.2) is 10.2 Å². The van der Waals surface area contributed by atoms with Gasteiger partial charge in [-0.3, -0.25) is 4.79 Å². The maximum Gasteiger partial charge on any atom is 0.343 e. The zero-order valence-corrected chi connectivity index (χ0v) is 20.5. The Labute approximate surface area is 214 Å². The quantitative estimate of drug-likeness (QED) is 0.143. The van der Waals surface area contributed by atoms with Crippen LogP contribution in [0.2, 0.25) is 0 Å². The van der Waals surface area contributed by atoms with E-state index in [-0.39, 0.29) is 12.4 Å². The first-order valence-electron chi connectivity index (χ1n) is 11.6. The van der Waals surface area contributed by atoms with Crippen LogP contribution < -0.4 is 24.4 Å². The van der Waals surface area contributed by atoms with Crippen molar-refractivity contribution in [1.82, 2.24) is 5.43 Å². The highest BCUT2D eigenvalue weighted by molar-refractivity contribution is 5.92. The minimum atomic E-state index is -0.524. The standard InChI is InChI=1S/C29H26N2O6/c1-3-35-27-16-20(8-15-26(27)37-29(33)22-10-12-24(34-2)13-11-22)18-30-31-28(32)19-36-25-14-9-21-6-4-5-7-23(21)17-25/h4-18H,3,19H2,1-2H3,(H,31,32)/b30-18-. The number of methoxy groups -OCH3 is 1. The van der Waals surface area contributed by atoms with Crippen LogP contribution in [0.1, 0.15) is 22.8 Å². The van der Waals surface area contributed by atoms with E-state index in [1.807, 2.05) is 49.4 Å². The van der Waals surface area contributed by atoms with E-state index >= 15 is 0 Å². The molecule has 0 aliphatic rings. The van der Waals surface area contributed by atoms with E-state index in [1.165, 1.54) is 6.21 Å². The van der Waals surface area contributed by atoms with E-state index in [2.05, 4.69) is 10.5 Å². The smallest absolute Gasteiger partial charge is 0.343 e. The summed E-state index contributed by atoms with van der Waals surface area (Å²) in [5, 5.41) is 6.10. The van der Waals surface area contributed by atoms with Crippen LogP contribution in [0.3, 0.4) is 0 Å². The highest BCUT2D eigenvalue weighted by atomic mass is 16.6. The molecule has 4 aromatic carbocycles. The second kappa shape index (κ2) is 12.2. The molecule has 0 aliphatic carbocycles. The number of carbonyl (C=O) groups is 2. The molecule has 37 heavy (non-hydrogen) atoms. The molecule has 0 saturated heterocycles. The van der Waals surface area contributed by atoms with Gasteiger partial charge in [-0.15, -0.1) is 0 Å². The number of amides is 1. The van der Waals surface area contributed by atoms with Crippen LogP contribution in [-0.2, 0) is 4.79 Å². The minimum Gasteiger partial charge on any atom is -0.497 e. The number of fused-ring (bicyclic) bond motifs is 1. The van der Waals surface area contributed by atoms with E-state index in [9.17, 15) is 9.59 Å². The van der Waals surface area contributed by atoms with Gasteiger partial charge >= 0.3 is 5.97 Å². The first-order valence-corrected chi connectivity index (χ1v) is 11.6. The molecular weight excluding hydrogens is 472 g/mol. The minimum absolute atomic E-state index is 0.180. The Bertz CT molecular complexity index is 1420. The van der Waals surface area contributed by atoms with Crippen molar-refractivity contribution in [3.8, 4) is 23.0 Å². The van der Waals surface area contributed by atoms with Crippen LogP contribution in [0.4, 0.5) is 0 Å². The van der Waals surface area contributed by atoms with E-state index in [0.29, 0.717) is 35.0 Å². The van der Waals surface area contributed by atoms with Gasteiger partial charge < -0.3 is 18.9 Å². The molecule has 0 saturated carbocycles. The number of nitrogens with zero attached hydrogens (tertiary/aromatic N) is 1. The lowest BCUT2D eigenvalue weighted by molar-refractivity contribution is -0.123. The van der Waals surface area contributed by atoms with E-state index in [0.717, 1.165) is 10.8 Å². The lowest BCUT2D eigenvalue weighted by Gasteiger charge is -2.11. The number of esters is 1. The summed E-state index contributed by atoms with van der Waals surface area (Å²) in [7, 11) is 1.55. The fourth-order valence-corrected chi connectivity index (χ4v) is 3.46. The molecule has 1 amide bonds. The number of hydrazone groups is 1. The summed E-state index contributed by atoms with van der Waals surface area (Å²) >= 11 is 0. The molecule has 0 radical (unpaired) electrons. The van der Waals surface area contributed by atoms with Crippen molar-refractivity contribution >= 4 is 28.9 Å². The van der Waals surface area contributed by atoms with Crippen LogP contribution in [-0.4, -0.2) is 38.4 Å². The molecule has 0 bridgehead atoms. The van der Waals surface area contributed by atoms with Crippen LogP contribution in [0, 0.1) is 0 Å². The van der Waals surface area contributed by atoms with E-state index < -0.39 is 11.9 Å². The molecule has 8 nitrogen and oxygen atoms in total. The SMILES string of the molecule is CCOc1cc(/C=N\NC(=O)COc2ccc3ccccc3c2)ccc1OC(=O)c1ccc(OC)cc1. The average molecular weight is 499 g/mol. The second-order valence-electron chi connectivity index (χ2n) is 7.85. The van der Waals surface area contributed by atoms with Crippen LogP contribution >= 0.6 is 0 Å². The third kappa shape index (κ3) is 6.85. The lowest BCUT2D eigenvalue weighted by atomic mass is 10.1. The highest BCUT2D eigenvalue weighted by Gasteiger charge is 2.13. The Morgan fingerprint density at radius 1 is 0.838 bits per heavy atom. The number of rotatable bonds is 10. The summed E-state index contributed by atoms with van der Waals surface area (Å²) in [5.41, 5.74) is 3.46. The number of hydrogen-bond donors (Lipinski definition) is 1. The topological polar surface area (TPSA) is 95.5 Å². The van der Waals surface area contributed by atoms with Gasteiger partial charge in [0.05, 0.1) is 25.5 Å². The molecule has 0 fully saturated rings. The van der Waals surface area contributed by atoms with Crippen LogP contribution in [0.25, 0.3) is 10.8 Å². The monoisotopic (exact) mass is 498 g/mol. The van der Waals surface area contributed by atoms with Crippen molar-refractivity contribution in [2.75, 3.05) is 20.3 Å². The molecule has 0 aromatic heterocycles. The van der Waals surface area contributed by atoms with Gasteiger partial charge in [0, 0.05) is 0 Å². The van der Waals surface area contributed by atoms with Crippen molar-refractivity contribution in [2.45, 2.75) is 6.92 Å². The third-order valence-electron chi connectivity index (χ3n) is 5.29. The van der Waals surface area contributed by atoms with Gasteiger partial charge in [-0.2, -0.15) is 5.10 Å². The molecule has 0 heterocycles. The van der Waals surface area contributed by atoms with Crippen molar-refractivity contribution < 1.29 is 28.5 Å². The highest BCUT2D eigenvalue weighted by Crippen LogP contribution is 2.29. The Balaban J connectivity index is 1.33. The van der Waals surface area contributed by atoms with Crippen molar-refractivity contribution in [2.24, 2.45) is 5.10 Å². The normalized spacial score (nSPS) is 10.8. The van der Waals surface area contributed by atoms with E-state index in [4.69, 9.17) is 18.9 Å². The largest absolute Gasteiger partial charge is 0.497 e. The molecule has 4 aromatic rings. The van der Waals surface area contributed by atoms with Crippen molar-refractivity contribution in [3.05, 3.63) is 96.1 Å². The number of carbonyl (C=O) groups excluding carboxylic acids is 2. The molecule has 0 spiro atoms. The molecule has 188 valence electrons. The van der Waals surface area contributed by atoms with Crippen LogP contribution in [0.5, 0.6) is 23.0 Å². The third-order valence-corrected chi connectivity index (χ3v) is 5.29.